The number of aromatic nitrogens is 3. The van der Waals surface area contributed by atoms with Crippen molar-refractivity contribution in [3.8, 4) is 11.3 Å². The van der Waals surface area contributed by atoms with E-state index in [-0.39, 0.29) is 12.3 Å². The number of hydrogen-bond acceptors (Lipinski definition) is 5. The average molecular weight is 298 g/mol. The van der Waals surface area contributed by atoms with Gasteiger partial charge >= 0.3 is 0 Å². The van der Waals surface area contributed by atoms with E-state index in [4.69, 9.17) is 0 Å². The van der Waals surface area contributed by atoms with Gasteiger partial charge in [0.25, 0.3) is 10.1 Å². The maximum Gasteiger partial charge on any atom is 0.273 e. The van der Waals surface area contributed by atoms with E-state index in [1.807, 2.05) is 0 Å². The van der Waals surface area contributed by atoms with Gasteiger partial charge in [0.05, 0.1) is 19.0 Å². The van der Waals surface area contributed by atoms with Crippen LogP contribution >= 0.6 is 0 Å². The molecule has 2 rings (SSSR count). The highest BCUT2D eigenvalue weighted by Crippen LogP contribution is 2.13. The molecule has 2 aromatic rings. The van der Waals surface area contributed by atoms with Crippen LogP contribution in [0.2, 0.25) is 0 Å². The van der Waals surface area contributed by atoms with Crippen molar-refractivity contribution in [3.05, 3.63) is 42.6 Å². The molecule has 20 heavy (non-hydrogen) atoms. The van der Waals surface area contributed by atoms with E-state index in [1.165, 1.54) is 10.7 Å². The van der Waals surface area contributed by atoms with Crippen LogP contribution in [0.1, 0.15) is 0 Å². The van der Waals surface area contributed by atoms with Crippen LogP contribution in [0.5, 0.6) is 0 Å². The molecule has 0 bridgehead atoms. The zero-order valence-electron chi connectivity index (χ0n) is 10.7. The lowest BCUT2D eigenvalue weighted by molar-refractivity contribution is -0.750. The molecule has 0 unspecified atom stereocenters. The van der Waals surface area contributed by atoms with Crippen LogP contribution in [-0.4, -0.2) is 31.4 Å². The summed E-state index contributed by atoms with van der Waals surface area (Å²) in [6, 6.07) is 4.59. The molecule has 0 saturated heterocycles. The fourth-order valence-electron chi connectivity index (χ4n) is 1.50. The molecule has 0 amide bonds. The molecule has 6 nitrogen and oxygen atoms in total. The summed E-state index contributed by atoms with van der Waals surface area (Å²) in [7, 11) is -2.38. The van der Waals surface area contributed by atoms with E-state index in [0.29, 0.717) is 5.69 Å². The van der Waals surface area contributed by atoms with Crippen molar-refractivity contribution >= 4 is 10.1 Å². The molecule has 8 heteroatoms. The molecule has 2 aromatic heterocycles. The Morgan fingerprint density at radius 2 is 2.10 bits per heavy atom. The van der Waals surface area contributed by atoms with Gasteiger partial charge in [-0.25, -0.2) is 4.39 Å². The van der Waals surface area contributed by atoms with Crippen LogP contribution in [0.15, 0.2) is 36.8 Å². The Balaban J connectivity index is 2.08. The standard InChI is InChI=1S/C12H13FN3O3S/c1-19-20(17,18)7-6-16-5-4-10(8-15-16)12-3-2-11(13)9-14-12/h2-5,8-9H,6-7H2,1H3/q+1. The summed E-state index contributed by atoms with van der Waals surface area (Å²) < 4.78 is 41.0. The van der Waals surface area contributed by atoms with Gasteiger partial charge in [0.1, 0.15) is 17.8 Å². The van der Waals surface area contributed by atoms with Gasteiger partial charge in [-0.3, -0.25) is 9.17 Å². The highest BCUT2D eigenvalue weighted by atomic mass is 32.2. The van der Waals surface area contributed by atoms with Gasteiger partial charge < -0.3 is 0 Å². The predicted molar refractivity (Wildman–Crippen MR) is 68.4 cm³/mol. The Bertz CT molecular complexity index is 672. The SMILES string of the molecule is COS(=O)(=O)CC[n+]1ccc(-c2ccc(F)cn2)cn1. The lowest BCUT2D eigenvalue weighted by Crippen LogP contribution is -2.40. The Hall–Kier alpha value is -1.93. The molecule has 106 valence electrons. The highest BCUT2D eigenvalue weighted by molar-refractivity contribution is 7.86. The molecule has 0 aliphatic rings. The van der Waals surface area contributed by atoms with Crippen molar-refractivity contribution in [3.63, 3.8) is 0 Å². The summed E-state index contributed by atoms with van der Waals surface area (Å²) in [6.45, 7) is 0.188. The molecule has 0 radical (unpaired) electrons. The smallest absolute Gasteiger partial charge is 0.273 e. The van der Waals surface area contributed by atoms with E-state index >= 15 is 0 Å². The first-order valence-electron chi connectivity index (χ1n) is 5.76. The summed E-state index contributed by atoms with van der Waals surface area (Å²) in [6.07, 6.45) is 4.30. The molecule has 0 aliphatic heterocycles. The van der Waals surface area contributed by atoms with E-state index in [0.717, 1.165) is 18.9 Å². The van der Waals surface area contributed by atoms with Gasteiger partial charge in [-0.2, -0.15) is 8.42 Å². The Morgan fingerprint density at radius 1 is 1.30 bits per heavy atom. The first kappa shape index (κ1) is 14.5. The van der Waals surface area contributed by atoms with Gasteiger partial charge in [0.15, 0.2) is 12.7 Å². The molecule has 0 aliphatic carbocycles. The second-order valence-corrected chi connectivity index (χ2v) is 5.83. The number of halogens is 1. The Morgan fingerprint density at radius 3 is 2.65 bits per heavy atom. The van der Waals surface area contributed by atoms with E-state index in [9.17, 15) is 12.8 Å². The third-order valence-corrected chi connectivity index (χ3v) is 3.81. The summed E-state index contributed by atoms with van der Waals surface area (Å²) >= 11 is 0. The number of pyridine rings is 1. The summed E-state index contributed by atoms with van der Waals surface area (Å²) in [4.78, 5) is 3.94. The number of hydrogen-bond donors (Lipinski definition) is 0. The van der Waals surface area contributed by atoms with E-state index in [2.05, 4.69) is 14.3 Å². The third kappa shape index (κ3) is 3.78. The second-order valence-electron chi connectivity index (χ2n) is 3.97. The monoisotopic (exact) mass is 298 g/mol. The van der Waals surface area contributed by atoms with Gasteiger partial charge in [-0.15, -0.1) is 0 Å². The molecule has 0 fully saturated rings. The quantitative estimate of drug-likeness (QED) is 0.595. The lowest BCUT2D eigenvalue weighted by atomic mass is 10.2. The lowest BCUT2D eigenvalue weighted by Gasteiger charge is -1.99. The zero-order chi connectivity index (χ0) is 14.6. The van der Waals surface area contributed by atoms with Crippen LogP contribution < -0.4 is 4.68 Å². The Labute approximate surface area is 116 Å². The fraction of sp³-hybridized carbons (Fsp3) is 0.250. The van der Waals surface area contributed by atoms with Crippen LogP contribution in [0.25, 0.3) is 11.3 Å². The van der Waals surface area contributed by atoms with Gasteiger partial charge in [0, 0.05) is 11.6 Å². The maximum atomic E-state index is 12.8. The number of nitrogens with zero attached hydrogens (tertiary/aromatic N) is 3. The minimum absolute atomic E-state index is 0.157. The van der Waals surface area contributed by atoms with Crippen LogP contribution in [0.3, 0.4) is 0 Å². The molecule has 0 spiro atoms. The van der Waals surface area contributed by atoms with Crippen molar-refractivity contribution in [1.29, 1.82) is 0 Å². The summed E-state index contributed by atoms with van der Waals surface area (Å²) in [5.41, 5.74) is 1.31. The molecule has 0 atom stereocenters. The molecule has 0 saturated carbocycles. The van der Waals surface area contributed by atoms with Crippen LogP contribution in [0.4, 0.5) is 4.39 Å². The van der Waals surface area contributed by atoms with Gasteiger partial charge in [0.2, 0.25) is 0 Å². The summed E-state index contributed by atoms with van der Waals surface area (Å²) in [5.74, 6) is -0.563. The predicted octanol–water partition coefficient (Wildman–Crippen LogP) is 0.546. The first-order valence-corrected chi connectivity index (χ1v) is 7.34. The molecular formula is C12H13FN3O3S+. The largest absolute Gasteiger partial charge is 0.273 e. The molecule has 0 N–H and O–H groups in total. The van der Waals surface area contributed by atoms with Crippen molar-refractivity contribution in [2.24, 2.45) is 0 Å². The van der Waals surface area contributed by atoms with E-state index in [1.54, 1.807) is 24.5 Å². The van der Waals surface area contributed by atoms with Crippen LogP contribution in [0, 0.1) is 5.82 Å². The fourth-order valence-corrected chi connectivity index (χ4v) is 2.08. The average Bonchev–Trinajstić information content (AvgIpc) is 2.47. The molecule has 0 aromatic carbocycles. The highest BCUT2D eigenvalue weighted by Gasteiger charge is 2.14. The van der Waals surface area contributed by atoms with Gasteiger partial charge in [-0.1, -0.05) is 4.68 Å². The first-order chi connectivity index (χ1) is 9.50. The maximum absolute atomic E-state index is 12.8. The summed E-state index contributed by atoms with van der Waals surface area (Å²) in [5, 5.41) is 4.08. The number of aryl methyl sites for hydroxylation is 1. The minimum Gasteiger partial charge on any atom is -0.273 e. The van der Waals surface area contributed by atoms with Crippen LogP contribution in [-0.2, 0) is 20.8 Å². The van der Waals surface area contributed by atoms with Crippen molar-refractivity contribution in [1.82, 2.24) is 10.1 Å². The minimum atomic E-state index is -3.50. The zero-order valence-corrected chi connectivity index (χ0v) is 11.5. The van der Waals surface area contributed by atoms with Crippen molar-refractivity contribution < 1.29 is 21.7 Å². The second kappa shape index (κ2) is 6.02. The molecular weight excluding hydrogens is 285 g/mol. The third-order valence-electron chi connectivity index (χ3n) is 2.62. The molecule has 2 heterocycles. The van der Waals surface area contributed by atoms with E-state index < -0.39 is 15.9 Å². The van der Waals surface area contributed by atoms with Crippen molar-refractivity contribution in [2.75, 3.05) is 12.9 Å². The van der Waals surface area contributed by atoms with Gasteiger partial charge in [-0.05, 0) is 17.2 Å². The number of rotatable bonds is 5. The Kier molecular flexibility index (Phi) is 4.35. The normalized spacial score (nSPS) is 11.5. The topological polar surface area (TPSA) is 73.0 Å². The van der Waals surface area contributed by atoms with Crippen molar-refractivity contribution in [2.45, 2.75) is 6.54 Å².